The average Bonchev–Trinajstić information content (AvgIpc) is 3.01. The first-order chi connectivity index (χ1) is 20.7. The number of rotatable bonds is 16. The lowest BCUT2D eigenvalue weighted by Gasteiger charge is -2.33. The van der Waals surface area contributed by atoms with Gasteiger partial charge in [-0.25, -0.2) is 12.8 Å². The van der Waals surface area contributed by atoms with Crippen molar-refractivity contribution in [1.29, 1.82) is 0 Å². The van der Waals surface area contributed by atoms with Gasteiger partial charge in [-0.1, -0.05) is 44.5 Å². The quantitative estimate of drug-likeness (QED) is 0.157. The number of para-hydroxylation sites is 2. The van der Waals surface area contributed by atoms with Crippen molar-refractivity contribution in [3.05, 3.63) is 84.2 Å². The first-order valence-corrected chi connectivity index (χ1v) is 17.0. The Balaban J connectivity index is 2.08. The van der Waals surface area contributed by atoms with Gasteiger partial charge in [0, 0.05) is 18.0 Å². The van der Waals surface area contributed by atoms with E-state index in [1.54, 1.807) is 62.4 Å². The molecule has 0 fully saturated rings. The van der Waals surface area contributed by atoms with Crippen molar-refractivity contribution in [3.8, 4) is 5.75 Å². The van der Waals surface area contributed by atoms with Crippen LogP contribution >= 0.6 is 11.8 Å². The Bertz CT molecular complexity index is 1450. The third-order valence-corrected chi connectivity index (χ3v) is 9.36. The highest BCUT2D eigenvalue weighted by atomic mass is 32.2. The van der Waals surface area contributed by atoms with E-state index in [2.05, 4.69) is 5.32 Å². The zero-order chi connectivity index (χ0) is 31.4. The maximum absolute atomic E-state index is 14.2. The van der Waals surface area contributed by atoms with Gasteiger partial charge in [-0.05, 0) is 80.1 Å². The lowest BCUT2D eigenvalue weighted by molar-refractivity contribution is -0.140. The van der Waals surface area contributed by atoms with Crippen molar-refractivity contribution < 1.29 is 27.1 Å². The molecular formula is C32H40FN3O5S2. The molecule has 3 aromatic rings. The Morgan fingerprint density at radius 1 is 0.977 bits per heavy atom. The summed E-state index contributed by atoms with van der Waals surface area (Å²) in [4.78, 5) is 29.8. The molecule has 2 amide bonds. The minimum Gasteiger partial charge on any atom is -0.492 e. The minimum absolute atomic E-state index is 0.0117. The van der Waals surface area contributed by atoms with Gasteiger partial charge in [0.05, 0.1) is 17.2 Å². The molecule has 0 saturated heterocycles. The number of nitrogens with zero attached hydrogens (tertiary/aromatic N) is 2. The van der Waals surface area contributed by atoms with Crippen LogP contribution in [0.3, 0.4) is 0 Å². The molecule has 0 saturated carbocycles. The Hall–Kier alpha value is -3.57. The minimum atomic E-state index is -4.25. The van der Waals surface area contributed by atoms with Gasteiger partial charge in [0.1, 0.15) is 24.2 Å². The van der Waals surface area contributed by atoms with Crippen molar-refractivity contribution in [2.75, 3.05) is 30.3 Å². The Morgan fingerprint density at radius 2 is 1.65 bits per heavy atom. The molecule has 0 heterocycles. The van der Waals surface area contributed by atoms with Crippen LogP contribution in [0.2, 0.25) is 0 Å². The highest BCUT2D eigenvalue weighted by Crippen LogP contribution is 2.33. The topological polar surface area (TPSA) is 96.0 Å². The molecule has 8 nitrogen and oxygen atoms in total. The fraction of sp³-hybridized carbons (Fsp3) is 0.375. The van der Waals surface area contributed by atoms with Crippen LogP contribution in [0.5, 0.6) is 5.75 Å². The maximum atomic E-state index is 14.2. The van der Waals surface area contributed by atoms with Crippen molar-refractivity contribution in [2.24, 2.45) is 0 Å². The van der Waals surface area contributed by atoms with Crippen LogP contribution < -0.4 is 14.4 Å². The van der Waals surface area contributed by atoms with Gasteiger partial charge in [0.2, 0.25) is 11.8 Å². The highest BCUT2D eigenvalue weighted by Gasteiger charge is 2.34. The van der Waals surface area contributed by atoms with Gasteiger partial charge in [0.15, 0.2) is 0 Å². The molecule has 0 aliphatic rings. The number of hydrogen-bond acceptors (Lipinski definition) is 6. The summed E-state index contributed by atoms with van der Waals surface area (Å²) in [6, 6.07) is 17.9. The Labute approximate surface area is 258 Å². The summed E-state index contributed by atoms with van der Waals surface area (Å²) in [7, 11) is -4.25. The van der Waals surface area contributed by atoms with Gasteiger partial charge in [-0.3, -0.25) is 13.9 Å². The normalized spacial score (nSPS) is 11.9. The molecule has 3 rings (SSSR count). The Morgan fingerprint density at radius 3 is 2.26 bits per heavy atom. The molecule has 0 bridgehead atoms. The number of amides is 2. The van der Waals surface area contributed by atoms with Gasteiger partial charge < -0.3 is 15.0 Å². The Kier molecular flexibility index (Phi) is 12.9. The third-order valence-electron chi connectivity index (χ3n) is 6.84. The molecular weight excluding hydrogens is 590 g/mol. The summed E-state index contributed by atoms with van der Waals surface area (Å²) in [5.74, 6) is -1.04. The summed E-state index contributed by atoms with van der Waals surface area (Å²) in [5, 5.41) is 2.90. The van der Waals surface area contributed by atoms with Crippen molar-refractivity contribution in [3.63, 3.8) is 0 Å². The van der Waals surface area contributed by atoms with E-state index in [-0.39, 0.29) is 29.6 Å². The SMILES string of the molecule is CCCCNC(=O)[C@@H](CC)N(Cc1ccc(F)cc1)C(=O)CN(c1ccccc1OCC)S(=O)(=O)c1ccc(SC)cc1. The van der Waals surface area contributed by atoms with E-state index in [1.807, 2.05) is 13.2 Å². The summed E-state index contributed by atoms with van der Waals surface area (Å²) >= 11 is 1.48. The lowest BCUT2D eigenvalue weighted by Crippen LogP contribution is -2.52. The second-order valence-corrected chi connectivity index (χ2v) is 12.5. The molecule has 0 aliphatic carbocycles. The zero-order valence-electron chi connectivity index (χ0n) is 25.1. The number of sulfonamides is 1. The summed E-state index contributed by atoms with van der Waals surface area (Å²) in [5.41, 5.74) is 0.806. The number of unbranched alkanes of at least 4 members (excludes halogenated alkanes) is 1. The van der Waals surface area contributed by atoms with E-state index >= 15 is 0 Å². The highest BCUT2D eigenvalue weighted by molar-refractivity contribution is 7.98. The molecule has 0 spiro atoms. The van der Waals surface area contributed by atoms with Crippen molar-refractivity contribution in [2.45, 2.75) is 62.4 Å². The van der Waals surface area contributed by atoms with Crippen molar-refractivity contribution >= 4 is 39.3 Å². The fourth-order valence-corrected chi connectivity index (χ4v) is 6.37. The van der Waals surface area contributed by atoms with E-state index in [1.165, 1.54) is 40.9 Å². The number of anilines is 1. The average molecular weight is 630 g/mol. The van der Waals surface area contributed by atoms with Crippen LogP contribution in [0.15, 0.2) is 82.6 Å². The molecule has 3 aromatic carbocycles. The first kappa shape index (κ1) is 33.9. The third kappa shape index (κ3) is 8.96. The van der Waals surface area contributed by atoms with E-state index in [4.69, 9.17) is 4.74 Å². The van der Waals surface area contributed by atoms with E-state index in [0.29, 0.717) is 24.3 Å². The van der Waals surface area contributed by atoms with Crippen LogP contribution in [0.4, 0.5) is 10.1 Å². The number of nitrogens with one attached hydrogen (secondary N) is 1. The molecule has 1 N–H and O–H groups in total. The van der Waals surface area contributed by atoms with E-state index in [0.717, 1.165) is 22.0 Å². The zero-order valence-corrected chi connectivity index (χ0v) is 26.7. The van der Waals surface area contributed by atoms with Crippen LogP contribution in [-0.2, 0) is 26.2 Å². The van der Waals surface area contributed by atoms with Gasteiger partial charge in [0.25, 0.3) is 10.0 Å². The monoisotopic (exact) mass is 629 g/mol. The number of hydrogen-bond donors (Lipinski definition) is 1. The molecule has 0 unspecified atom stereocenters. The van der Waals surface area contributed by atoms with Gasteiger partial charge in [-0.2, -0.15) is 0 Å². The molecule has 11 heteroatoms. The van der Waals surface area contributed by atoms with Crippen molar-refractivity contribution in [1.82, 2.24) is 10.2 Å². The molecule has 0 radical (unpaired) electrons. The van der Waals surface area contributed by atoms with E-state index in [9.17, 15) is 22.4 Å². The van der Waals surface area contributed by atoms with Gasteiger partial charge >= 0.3 is 0 Å². The second-order valence-electron chi connectivity index (χ2n) is 9.80. The smallest absolute Gasteiger partial charge is 0.264 e. The molecule has 0 aromatic heterocycles. The number of halogens is 1. The molecule has 232 valence electrons. The predicted molar refractivity (Wildman–Crippen MR) is 169 cm³/mol. The lowest BCUT2D eigenvalue weighted by atomic mass is 10.1. The summed E-state index contributed by atoms with van der Waals surface area (Å²) in [6.07, 6.45) is 3.86. The second kappa shape index (κ2) is 16.3. The standard InChI is InChI=1S/C32H40FN3O5S2/c1-5-8-21-34-32(38)28(6-2)35(22-24-13-15-25(33)16-14-24)31(37)23-36(29-11-9-10-12-30(29)41-7-3)43(39,40)27-19-17-26(42-4)18-20-27/h9-20,28H,5-8,21-23H2,1-4H3,(H,34,38)/t28-/m1/s1. The first-order valence-electron chi connectivity index (χ1n) is 14.4. The summed E-state index contributed by atoms with van der Waals surface area (Å²) in [6.45, 7) is 5.74. The number of carbonyl (C=O) groups is 2. The number of carbonyl (C=O) groups excluding carboxylic acids is 2. The predicted octanol–water partition coefficient (Wildman–Crippen LogP) is 5.87. The summed E-state index contributed by atoms with van der Waals surface area (Å²) < 4.78 is 48.8. The van der Waals surface area contributed by atoms with Crippen LogP contribution in [0, 0.1) is 5.82 Å². The number of thioether (sulfide) groups is 1. The number of ether oxygens (including phenoxy) is 1. The van der Waals surface area contributed by atoms with Crippen LogP contribution in [-0.4, -0.2) is 57.1 Å². The largest absolute Gasteiger partial charge is 0.492 e. The van der Waals surface area contributed by atoms with Gasteiger partial charge in [-0.15, -0.1) is 11.8 Å². The molecule has 43 heavy (non-hydrogen) atoms. The molecule has 1 atom stereocenters. The maximum Gasteiger partial charge on any atom is 0.264 e. The fourth-order valence-electron chi connectivity index (χ4n) is 4.54. The van der Waals surface area contributed by atoms with Crippen LogP contribution in [0.1, 0.15) is 45.6 Å². The number of benzene rings is 3. The van der Waals surface area contributed by atoms with E-state index < -0.39 is 34.3 Å². The van der Waals surface area contributed by atoms with Crippen LogP contribution in [0.25, 0.3) is 0 Å². The molecule has 0 aliphatic heterocycles.